The minimum Gasteiger partial charge on any atom is -0.338 e. The van der Waals surface area contributed by atoms with Gasteiger partial charge in [0.25, 0.3) is 5.91 Å². The minimum absolute atomic E-state index is 0.109. The summed E-state index contributed by atoms with van der Waals surface area (Å²) in [6.45, 7) is 2.85. The molecular formula is C19H18F2N4O. The van der Waals surface area contributed by atoms with Gasteiger partial charge in [-0.3, -0.25) is 4.79 Å². The molecule has 0 aliphatic carbocycles. The Labute approximate surface area is 149 Å². The molecule has 2 aromatic carbocycles. The lowest BCUT2D eigenvalue weighted by atomic mass is 10.0. The normalized spacial score (nSPS) is 15.6. The lowest BCUT2D eigenvalue weighted by Crippen LogP contribution is -2.40. The number of rotatable bonds is 2. The van der Waals surface area contributed by atoms with Gasteiger partial charge < -0.3 is 4.90 Å². The van der Waals surface area contributed by atoms with Crippen LogP contribution in [0.4, 0.5) is 8.78 Å². The summed E-state index contributed by atoms with van der Waals surface area (Å²) in [7, 11) is 0. The number of aryl methyl sites for hydroxylation is 1. The van der Waals surface area contributed by atoms with E-state index in [1.165, 1.54) is 11.0 Å². The van der Waals surface area contributed by atoms with E-state index in [-0.39, 0.29) is 6.04 Å². The second-order valence-corrected chi connectivity index (χ2v) is 6.65. The van der Waals surface area contributed by atoms with Gasteiger partial charge in [-0.2, -0.15) is 0 Å². The number of amides is 1. The van der Waals surface area contributed by atoms with Crippen molar-refractivity contribution in [1.82, 2.24) is 19.9 Å². The lowest BCUT2D eigenvalue weighted by molar-refractivity contribution is 0.0681. The Morgan fingerprint density at radius 1 is 1.12 bits per heavy atom. The fourth-order valence-corrected chi connectivity index (χ4v) is 3.50. The first-order valence-corrected chi connectivity index (χ1v) is 8.59. The zero-order valence-corrected chi connectivity index (χ0v) is 14.3. The van der Waals surface area contributed by atoms with E-state index in [4.69, 9.17) is 0 Å². The van der Waals surface area contributed by atoms with Crippen LogP contribution in [0, 0.1) is 18.6 Å². The molecule has 0 atom stereocenters. The number of halogens is 2. The van der Waals surface area contributed by atoms with Gasteiger partial charge in [-0.05, 0) is 49.6 Å². The zero-order valence-electron chi connectivity index (χ0n) is 14.3. The van der Waals surface area contributed by atoms with Gasteiger partial charge in [-0.25, -0.2) is 13.5 Å². The smallest absolute Gasteiger partial charge is 0.259 e. The Balaban J connectivity index is 1.51. The van der Waals surface area contributed by atoms with Gasteiger partial charge in [0.2, 0.25) is 0 Å². The van der Waals surface area contributed by atoms with Gasteiger partial charge in [-0.15, -0.1) is 5.10 Å². The lowest BCUT2D eigenvalue weighted by Gasteiger charge is -2.32. The maximum absolute atomic E-state index is 13.9. The predicted molar refractivity (Wildman–Crippen MR) is 92.8 cm³/mol. The van der Waals surface area contributed by atoms with Crippen LogP contribution in [0.1, 0.15) is 34.8 Å². The van der Waals surface area contributed by atoms with Crippen LogP contribution in [-0.4, -0.2) is 38.9 Å². The molecule has 5 nitrogen and oxygen atoms in total. The largest absolute Gasteiger partial charge is 0.338 e. The van der Waals surface area contributed by atoms with E-state index in [1.807, 2.05) is 29.8 Å². The van der Waals surface area contributed by atoms with Crippen molar-refractivity contribution in [2.45, 2.75) is 25.8 Å². The number of piperidine rings is 1. The molecule has 3 aromatic rings. The van der Waals surface area contributed by atoms with Crippen LogP contribution in [-0.2, 0) is 0 Å². The molecule has 1 aliphatic rings. The average molecular weight is 356 g/mol. The van der Waals surface area contributed by atoms with Crippen LogP contribution in [0.3, 0.4) is 0 Å². The third-order valence-electron chi connectivity index (χ3n) is 4.90. The number of benzene rings is 2. The molecule has 134 valence electrons. The maximum Gasteiger partial charge on any atom is 0.259 e. The van der Waals surface area contributed by atoms with E-state index in [0.717, 1.165) is 28.7 Å². The summed E-state index contributed by atoms with van der Waals surface area (Å²) in [5, 5.41) is 8.47. The van der Waals surface area contributed by atoms with Crippen molar-refractivity contribution < 1.29 is 13.6 Å². The van der Waals surface area contributed by atoms with Crippen LogP contribution in [0.25, 0.3) is 11.0 Å². The van der Waals surface area contributed by atoms with Gasteiger partial charge in [0.05, 0.1) is 11.6 Å². The number of carbonyl (C=O) groups excluding carboxylic acids is 1. The standard InChI is InChI=1S/C19H18F2N4O/c1-12-5-6-17-16(11-12)22-23-25(17)13-7-9-24(10-8-13)19(26)18-14(20)3-2-4-15(18)21/h2-6,11,13H,7-10H2,1H3. The van der Waals surface area contributed by atoms with E-state index in [0.29, 0.717) is 25.9 Å². The molecule has 0 radical (unpaired) electrons. The Bertz CT molecular complexity index is 957. The molecule has 1 amide bonds. The molecule has 1 fully saturated rings. The van der Waals surface area contributed by atoms with E-state index >= 15 is 0 Å². The number of hydrogen-bond acceptors (Lipinski definition) is 3. The van der Waals surface area contributed by atoms with Crippen molar-refractivity contribution in [1.29, 1.82) is 0 Å². The molecule has 26 heavy (non-hydrogen) atoms. The summed E-state index contributed by atoms with van der Waals surface area (Å²) in [5.74, 6) is -2.25. The molecule has 0 bridgehead atoms. The average Bonchev–Trinajstić information content (AvgIpc) is 3.04. The SMILES string of the molecule is Cc1ccc2c(c1)nnn2C1CCN(C(=O)c2c(F)cccc2F)CC1. The number of nitrogens with zero attached hydrogens (tertiary/aromatic N) is 4. The summed E-state index contributed by atoms with van der Waals surface area (Å²) in [6.07, 6.45) is 1.32. The Morgan fingerprint density at radius 2 is 1.81 bits per heavy atom. The van der Waals surface area contributed by atoms with Crippen molar-refractivity contribution in [3.63, 3.8) is 0 Å². The van der Waals surface area contributed by atoms with Crippen LogP contribution in [0.5, 0.6) is 0 Å². The number of carbonyl (C=O) groups is 1. The second-order valence-electron chi connectivity index (χ2n) is 6.65. The number of fused-ring (bicyclic) bond motifs is 1. The Morgan fingerprint density at radius 3 is 2.50 bits per heavy atom. The van der Waals surface area contributed by atoms with Crippen LogP contribution in [0.15, 0.2) is 36.4 Å². The first-order chi connectivity index (χ1) is 12.5. The summed E-state index contributed by atoms with van der Waals surface area (Å²) in [5.41, 5.74) is 2.45. The van der Waals surface area contributed by atoms with E-state index in [9.17, 15) is 13.6 Å². The van der Waals surface area contributed by atoms with Crippen molar-refractivity contribution in [2.24, 2.45) is 0 Å². The van der Waals surface area contributed by atoms with E-state index < -0.39 is 23.1 Å². The third-order valence-corrected chi connectivity index (χ3v) is 4.90. The van der Waals surface area contributed by atoms with Crippen molar-refractivity contribution in [3.05, 3.63) is 59.2 Å². The molecule has 1 aliphatic heterocycles. The zero-order chi connectivity index (χ0) is 18.3. The van der Waals surface area contributed by atoms with Crippen molar-refractivity contribution in [2.75, 3.05) is 13.1 Å². The highest BCUT2D eigenvalue weighted by atomic mass is 19.1. The molecule has 1 saturated heterocycles. The Hall–Kier alpha value is -2.83. The summed E-state index contributed by atoms with van der Waals surface area (Å²) < 4.78 is 29.6. The molecule has 4 rings (SSSR count). The monoisotopic (exact) mass is 356 g/mol. The van der Waals surface area contributed by atoms with Gasteiger partial charge in [0, 0.05) is 13.1 Å². The van der Waals surface area contributed by atoms with Gasteiger partial charge >= 0.3 is 0 Å². The second kappa shape index (κ2) is 6.48. The maximum atomic E-state index is 13.9. The molecule has 2 heterocycles. The fraction of sp³-hybridized carbons (Fsp3) is 0.316. The van der Waals surface area contributed by atoms with Gasteiger partial charge in [0.1, 0.15) is 22.7 Å². The van der Waals surface area contributed by atoms with Crippen molar-refractivity contribution in [3.8, 4) is 0 Å². The molecule has 7 heteroatoms. The first-order valence-electron chi connectivity index (χ1n) is 8.59. The highest BCUT2D eigenvalue weighted by molar-refractivity contribution is 5.94. The van der Waals surface area contributed by atoms with Gasteiger partial charge in [0.15, 0.2) is 0 Å². The van der Waals surface area contributed by atoms with E-state index in [2.05, 4.69) is 10.3 Å². The number of hydrogen-bond donors (Lipinski definition) is 0. The Kier molecular flexibility index (Phi) is 4.14. The highest BCUT2D eigenvalue weighted by Crippen LogP contribution is 2.27. The molecule has 0 N–H and O–H groups in total. The number of aromatic nitrogens is 3. The summed E-state index contributed by atoms with van der Waals surface area (Å²) >= 11 is 0. The first kappa shape index (κ1) is 16.6. The predicted octanol–water partition coefficient (Wildman–Crippen LogP) is 3.50. The third kappa shape index (κ3) is 2.83. The van der Waals surface area contributed by atoms with Crippen LogP contribution >= 0.6 is 0 Å². The minimum atomic E-state index is -0.824. The molecule has 1 aromatic heterocycles. The van der Waals surface area contributed by atoms with Crippen molar-refractivity contribution >= 4 is 16.9 Å². The molecule has 0 spiro atoms. The fourth-order valence-electron chi connectivity index (χ4n) is 3.50. The van der Waals surface area contributed by atoms with E-state index in [1.54, 1.807) is 0 Å². The topological polar surface area (TPSA) is 51.0 Å². The summed E-state index contributed by atoms with van der Waals surface area (Å²) in [4.78, 5) is 14.0. The van der Waals surface area contributed by atoms with Gasteiger partial charge in [-0.1, -0.05) is 17.3 Å². The summed E-state index contributed by atoms with van der Waals surface area (Å²) in [6, 6.07) is 9.57. The highest BCUT2D eigenvalue weighted by Gasteiger charge is 2.29. The van der Waals surface area contributed by atoms with Crippen LogP contribution < -0.4 is 0 Å². The molecule has 0 saturated carbocycles. The number of likely N-dealkylation sites (tertiary alicyclic amines) is 1. The molecule has 0 unspecified atom stereocenters. The quantitative estimate of drug-likeness (QED) is 0.706. The van der Waals surface area contributed by atoms with Crippen LogP contribution in [0.2, 0.25) is 0 Å². The molecular weight excluding hydrogens is 338 g/mol.